The van der Waals surface area contributed by atoms with Gasteiger partial charge in [0.25, 0.3) is 0 Å². The van der Waals surface area contributed by atoms with E-state index in [1.165, 1.54) is 12.1 Å². The highest BCUT2D eigenvalue weighted by molar-refractivity contribution is 7.89. The van der Waals surface area contributed by atoms with Gasteiger partial charge in [-0.1, -0.05) is 50.2 Å². The molecule has 1 amide bonds. The number of ether oxygens (including phenoxy) is 2. The third-order valence-electron chi connectivity index (χ3n) is 5.57. The zero-order valence-electron chi connectivity index (χ0n) is 22.6. The lowest BCUT2D eigenvalue weighted by Gasteiger charge is -2.19. The first kappa shape index (κ1) is 29.7. The van der Waals surface area contributed by atoms with Crippen LogP contribution in [-0.4, -0.2) is 37.2 Å². The average molecular weight is 555 g/mol. The molecule has 3 N–H and O–H groups in total. The smallest absolute Gasteiger partial charge is 0.412 e. The SMILES string of the molecule is CC(C)[C@@H](NS(=O)(=O)c1ccc(-c2ccc(COc3ccc(NC(=O)OC(C)(C)C)cc3)cc2)cc1)C(=O)O. The fourth-order valence-corrected chi connectivity index (χ4v) is 4.89. The lowest BCUT2D eigenvalue weighted by atomic mass is 10.0. The van der Waals surface area contributed by atoms with Crippen molar-refractivity contribution in [2.45, 2.75) is 57.8 Å². The lowest BCUT2D eigenvalue weighted by molar-refractivity contribution is -0.140. The molecule has 10 heteroatoms. The number of amides is 1. The van der Waals surface area contributed by atoms with Crippen LogP contribution in [0.4, 0.5) is 10.5 Å². The maximum atomic E-state index is 12.6. The molecule has 0 radical (unpaired) electrons. The Bertz CT molecular complexity index is 1380. The highest BCUT2D eigenvalue weighted by Gasteiger charge is 2.28. The number of carboxylic acids is 1. The van der Waals surface area contributed by atoms with Crippen LogP contribution in [0.5, 0.6) is 5.75 Å². The van der Waals surface area contributed by atoms with E-state index in [0.717, 1.165) is 16.7 Å². The molecule has 0 aliphatic carbocycles. The van der Waals surface area contributed by atoms with Gasteiger partial charge in [-0.15, -0.1) is 0 Å². The third-order valence-corrected chi connectivity index (χ3v) is 7.03. The maximum absolute atomic E-state index is 12.6. The summed E-state index contributed by atoms with van der Waals surface area (Å²) in [7, 11) is -3.98. The van der Waals surface area contributed by atoms with Crippen molar-refractivity contribution < 1.29 is 32.6 Å². The molecule has 0 saturated heterocycles. The molecule has 0 unspecified atom stereocenters. The average Bonchev–Trinajstić information content (AvgIpc) is 2.86. The molecular weight excluding hydrogens is 520 g/mol. The Morgan fingerprint density at radius 3 is 1.90 bits per heavy atom. The number of benzene rings is 3. The quantitative estimate of drug-likeness (QED) is 0.294. The Morgan fingerprint density at radius 2 is 1.41 bits per heavy atom. The van der Waals surface area contributed by atoms with Crippen LogP contribution in [-0.2, 0) is 26.2 Å². The van der Waals surface area contributed by atoms with Gasteiger partial charge in [0.05, 0.1) is 4.90 Å². The molecule has 208 valence electrons. The number of carbonyl (C=O) groups excluding carboxylic acids is 1. The summed E-state index contributed by atoms with van der Waals surface area (Å²) < 4.78 is 38.6. The van der Waals surface area contributed by atoms with Crippen LogP contribution in [0.15, 0.2) is 77.7 Å². The topological polar surface area (TPSA) is 131 Å². The molecule has 0 saturated carbocycles. The van der Waals surface area contributed by atoms with E-state index in [9.17, 15) is 23.1 Å². The van der Waals surface area contributed by atoms with Crippen LogP contribution in [0, 0.1) is 5.92 Å². The van der Waals surface area contributed by atoms with Crippen LogP contribution in [0.3, 0.4) is 0 Å². The van der Waals surface area contributed by atoms with Crippen molar-refractivity contribution in [1.29, 1.82) is 0 Å². The summed E-state index contributed by atoms with van der Waals surface area (Å²) >= 11 is 0. The molecule has 3 aromatic carbocycles. The van der Waals surface area contributed by atoms with Gasteiger partial charge in [-0.05, 0) is 79.8 Å². The molecule has 0 aromatic heterocycles. The summed E-state index contributed by atoms with van der Waals surface area (Å²) in [6.45, 7) is 9.01. The Balaban J connectivity index is 1.58. The van der Waals surface area contributed by atoms with Crippen LogP contribution < -0.4 is 14.8 Å². The summed E-state index contributed by atoms with van der Waals surface area (Å²) in [5.41, 5.74) is 2.65. The largest absolute Gasteiger partial charge is 0.489 e. The number of aliphatic carboxylic acids is 1. The summed E-state index contributed by atoms with van der Waals surface area (Å²) in [5, 5.41) is 12.0. The lowest BCUT2D eigenvalue weighted by Crippen LogP contribution is -2.44. The second kappa shape index (κ2) is 12.3. The molecule has 0 aliphatic heterocycles. The van der Waals surface area contributed by atoms with Crippen molar-refractivity contribution in [3.8, 4) is 16.9 Å². The van der Waals surface area contributed by atoms with Gasteiger partial charge in [0.2, 0.25) is 10.0 Å². The highest BCUT2D eigenvalue weighted by atomic mass is 32.2. The van der Waals surface area contributed by atoms with Gasteiger partial charge >= 0.3 is 12.1 Å². The highest BCUT2D eigenvalue weighted by Crippen LogP contribution is 2.23. The molecule has 0 heterocycles. The van der Waals surface area contributed by atoms with Crippen LogP contribution in [0.25, 0.3) is 11.1 Å². The Labute approximate surface area is 229 Å². The molecule has 0 fully saturated rings. The predicted molar refractivity (Wildman–Crippen MR) is 149 cm³/mol. The summed E-state index contributed by atoms with van der Waals surface area (Å²) in [4.78, 5) is 23.3. The van der Waals surface area contributed by atoms with Crippen molar-refractivity contribution >= 4 is 27.8 Å². The van der Waals surface area contributed by atoms with E-state index in [0.29, 0.717) is 18.0 Å². The van der Waals surface area contributed by atoms with Gasteiger partial charge in [0.15, 0.2) is 0 Å². The summed E-state index contributed by atoms with van der Waals surface area (Å²) in [6.07, 6.45) is -0.526. The van der Waals surface area contributed by atoms with E-state index in [-0.39, 0.29) is 4.90 Å². The first-order valence-electron chi connectivity index (χ1n) is 12.4. The second-order valence-electron chi connectivity index (χ2n) is 10.3. The Morgan fingerprint density at radius 1 is 0.872 bits per heavy atom. The van der Waals surface area contributed by atoms with Crippen molar-refractivity contribution in [2.24, 2.45) is 5.92 Å². The minimum Gasteiger partial charge on any atom is -0.489 e. The molecule has 3 aromatic rings. The van der Waals surface area contributed by atoms with Crippen LogP contribution in [0.1, 0.15) is 40.2 Å². The van der Waals surface area contributed by atoms with Crippen molar-refractivity contribution in [1.82, 2.24) is 4.72 Å². The first-order chi connectivity index (χ1) is 18.2. The van der Waals surface area contributed by atoms with Gasteiger partial charge in [0, 0.05) is 5.69 Å². The predicted octanol–water partition coefficient (Wildman–Crippen LogP) is 5.67. The van der Waals surface area contributed by atoms with Crippen LogP contribution in [0.2, 0.25) is 0 Å². The Kier molecular flexibility index (Phi) is 9.36. The number of rotatable bonds is 10. The molecule has 39 heavy (non-hydrogen) atoms. The van der Waals surface area contributed by atoms with Crippen molar-refractivity contribution in [3.63, 3.8) is 0 Å². The molecule has 1 atom stereocenters. The van der Waals surface area contributed by atoms with E-state index in [1.54, 1.807) is 71.0 Å². The number of hydrogen-bond donors (Lipinski definition) is 3. The second-order valence-corrected chi connectivity index (χ2v) is 12.1. The number of nitrogens with one attached hydrogen (secondary N) is 2. The summed E-state index contributed by atoms with van der Waals surface area (Å²) in [5.74, 6) is -0.983. The number of sulfonamides is 1. The van der Waals surface area contributed by atoms with Gasteiger partial charge < -0.3 is 14.6 Å². The fourth-order valence-electron chi connectivity index (χ4n) is 3.55. The third kappa shape index (κ3) is 8.83. The number of anilines is 1. The molecule has 9 nitrogen and oxygen atoms in total. The number of carbonyl (C=O) groups is 2. The Hall–Kier alpha value is -3.89. The fraction of sp³-hybridized carbons (Fsp3) is 0.310. The minimum atomic E-state index is -3.98. The monoisotopic (exact) mass is 554 g/mol. The molecule has 0 bridgehead atoms. The summed E-state index contributed by atoms with van der Waals surface area (Å²) in [6, 6.07) is 19.7. The van der Waals surface area contributed by atoms with E-state index in [1.807, 2.05) is 24.3 Å². The standard InChI is InChI=1S/C29H34N2O7S/c1-19(2)26(27(32)33)31-39(35,36)25-16-10-22(11-17-25)21-8-6-20(7-9-21)18-37-24-14-12-23(13-15-24)30-28(34)38-29(3,4)5/h6-17,19,26,31H,18H2,1-5H3,(H,30,34)(H,32,33)/t26-/m1/s1. The van der Waals surface area contributed by atoms with E-state index in [4.69, 9.17) is 9.47 Å². The van der Waals surface area contributed by atoms with Gasteiger partial charge in [-0.3, -0.25) is 10.1 Å². The van der Waals surface area contributed by atoms with Gasteiger partial charge in [-0.25, -0.2) is 13.2 Å². The van der Waals surface area contributed by atoms with Crippen LogP contribution >= 0.6 is 0 Å². The van der Waals surface area contributed by atoms with E-state index < -0.39 is 39.6 Å². The maximum Gasteiger partial charge on any atom is 0.412 e. The minimum absolute atomic E-state index is 0.00418. The number of hydrogen-bond acceptors (Lipinski definition) is 6. The van der Waals surface area contributed by atoms with E-state index in [2.05, 4.69) is 10.0 Å². The first-order valence-corrected chi connectivity index (χ1v) is 13.9. The van der Waals surface area contributed by atoms with Crippen molar-refractivity contribution in [2.75, 3.05) is 5.32 Å². The molecular formula is C29H34N2O7S. The van der Waals surface area contributed by atoms with Gasteiger partial charge in [0.1, 0.15) is 24.0 Å². The molecule has 3 rings (SSSR count). The zero-order chi connectivity index (χ0) is 28.8. The molecule has 0 aliphatic rings. The van der Waals surface area contributed by atoms with Crippen molar-refractivity contribution in [3.05, 3.63) is 78.4 Å². The number of carboxylic acid groups (broad SMARTS) is 1. The normalized spacial score (nSPS) is 12.6. The zero-order valence-corrected chi connectivity index (χ0v) is 23.4. The van der Waals surface area contributed by atoms with Gasteiger partial charge in [-0.2, -0.15) is 4.72 Å². The molecule has 0 spiro atoms. The van der Waals surface area contributed by atoms with E-state index >= 15 is 0 Å².